The van der Waals surface area contributed by atoms with E-state index in [0.717, 1.165) is 6.42 Å². The minimum Gasteiger partial charge on any atom is -0.244 e. The fourth-order valence-electron chi connectivity index (χ4n) is 0.741. The van der Waals surface area contributed by atoms with Gasteiger partial charge >= 0.3 is 0 Å². The van der Waals surface area contributed by atoms with E-state index in [-0.39, 0.29) is 5.37 Å². The Balaban J connectivity index is 2.12. The van der Waals surface area contributed by atoms with Crippen LogP contribution in [0.25, 0.3) is 0 Å². The van der Waals surface area contributed by atoms with Crippen LogP contribution in [0.5, 0.6) is 0 Å². The maximum Gasteiger partial charge on any atom is 0.0666 e. The topological polar surface area (TPSA) is 23.8 Å². The van der Waals surface area contributed by atoms with E-state index >= 15 is 0 Å². The highest BCUT2D eigenvalue weighted by atomic mass is 32.2. The molecule has 1 heterocycles. The Kier molecular flexibility index (Phi) is 2.00. The minimum atomic E-state index is 0.203. The predicted octanol–water partition coefficient (Wildman–Crippen LogP) is 1.51. The number of hydrogen-bond acceptors (Lipinski definition) is 1. The van der Waals surface area contributed by atoms with Crippen LogP contribution in [0.15, 0.2) is 0 Å². The first-order chi connectivity index (χ1) is 3.39. The highest BCUT2D eigenvalue weighted by Gasteiger charge is 2.07. The largest absolute Gasteiger partial charge is 0.244 e. The van der Waals surface area contributed by atoms with Gasteiger partial charge in [-0.25, -0.2) is 5.73 Å². The van der Waals surface area contributed by atoms with E-state index in [0.29, 0.717) is 0 Å². The highest BCUT2D eigenvalue weighted by molar-refractivity contribution is 7.99. The number of thioether (sulfide) groups is 1. The summed E-state index contributed by atoms with van der Waals surface area (Å²) in [4.78, 5) is 0. The van der Waals surface area contributed by atoms with Crippen molar-refractivity contribution in [2.45, 2.75) is 24.6 Å². The van der Waals surface area contributed by atoms with Gasteiger partial charge in [-0.3, -0.25) is 0 Å². The Hall–Kier alpha value is 0.310. The zero-order valence-electron chi connectivity index (χ0n) is 4.31. The predicted molar refractivity (Wildman–Crippen MR) is 33.2 cm³/mol. The molecule has 1 unspecified atom stereocenters. The van der Waals surface area contributed by atoms with Crippen molar-refractivity contribution in [3.8, 4) is 0 Å². The Morgan fingerprint density at radius 3 is 2.57 bits per heavy atom. The fraction of sp³-hybridized carbons (Fsp3) is 1.00. The molecule has 7 heavy (non-hydrogen) atoms. The summed E-state index contributed by atoms with van der Waals surface area (Å²) in [6.45, 7) is 0. The van der Waals surface area contributed by atoms with E-state index in [9.17, 15) is 0 Å². The molecular weight excluding hydrogens is 106 g/mol. The average Bonchev–Trinajstić information content (AvgIpc) is 1.69. The normalized spacial score (nSPS) is 33.0. The van der Waals surface area contributed by atoms with E-state index in [1.165, 1.54) is 18.6 Å². The average molecular weight is 116 g/mol. The van der Waals surface area contributed by atoms with Gasteiger partial charge in [0, 0.05) is 0 Å². The quantitative estimate of drug-likeness (QED) is 0.470. The SMILES string of the molecule is [NH]C1CCCCS1. The summed E-state index contributed by atoms with van der Waals surface area (Å²) < 4.78 is 0. The molecule has 1 atom stereocenters. The molecule has 1 saturated heterocycles. The lowest BCUT2D eigenvalue weighted by Crippen LogP contribution is -2.08. The minimum absolute atomic E-state index is 0.203. The summed E-state index contributed by atoms with van der Waals surface area (Å²) in [5.74, 6) is 1.22. The molecule has 1 aliphatic rings. The van der Waals surface area contributed by atoms with Gasteiger partial charge in [-0.05, 0) is 18.6 Å². The van der Waals surface area contributed by atoms with E-state index in [1.807, 2.05) is 0 Å². The van der Waals surface area contributed by atoms with Crippen LogP contribution in [0, 0.1) is 0 Å². The molecule has 2 heteroatoms. The first-order valence-corrected chi connectivity index (χ1v) is 3.77. The molecule has 1 N–H and O–H groups in total. The molecular formula is C5H10NS. The molecule has 1 fully saturated rings. The smallest absolute Gasteiger partial charge is 0.0666 e. The Labute approximate surface area is 48.7 Å². The molecule has 0 bridgehead atoms. The molecule has 0 saturated carbocycles. The summed E-state index contributed by atoms with van der Waals surface area (Å²) in [5, 5.41) is 0.203. The molecule has 0 aromatic heterocycles. The standard InChI is InChI=1S/C5H10NS/c6-5-3-1-2-4-7-5/h5-6H,1-4H2. The first kappa shape index (κ1) is 5.45. The maximum atomic E-state index is 7.23. The summed E-state index contributed by atoms with van der Waals surface area (Å²) >= 11 is 1.78. The van der Waals surface area contributed by atoms with Crippen molar-refractivity contribution < 1.29 is 0 Å². The van der Waals surface area contributed by atoms with Crippen LogP contribution < -0.4 is 5.73 Å². The van der Waals surface area contributed by atoms with Crippen molar-refractivity contribution in [3.05, 3.63) is 0 Å². The van der Waals surface area contributed by atoms with Crippen molar-refractivity contribution in [2.75, 3.05) is 5.75 Å². The monoisotopic (exact) mass is 116 g/mol. The Morgan fingerprint density at radius 1 is 1.43 bits per heavy atom. The molecule has 41 valence electrons. The third-order valence-corrected chi connectivity index (χ3v) is 2.34. The summed E-state index contributed by atoms with van der Waals surface area (Å²) in [6.07, 6.45) is 3.73. The number of hydrogen-bond donors (Lipinski definition) is 0. The van der Waals surface area contributed by atoms with Crippen molar-refractivity contribution in [3.63, 3.8) is 0 Å². The van der Waals surface area contributed by atoms with Crippen LogP contribution in [-0.2, 0) is 0 Å². The zero-order valence-corrected chi connectivity index (χ0v) is 5.13. The van der Waals surface area contributed by atoms with E-state index < -0.39 is 0 Å². The molecule has 1 rings (SSSR count). The second-order valence-electron chi connectivity index (χ2n) is 1.86. The maximum absolute atomic E-state index is 7.23. The van der Waals surface area contributed by atoms with Crippen molar-refractivity contribution in [1.29, 1.82) is 0 Å². The van der Waals surface area contributed by atoms with Crippen LogP contribution >= 0.6 is 11.8 Å². The lowest BCUT2D eigenvalue weighted by Gasteiger charge is -2.14. The van der Waals surface area contributed by atoms with Gasteiger partial charge in [-0.15, -0.1) is 11.8 Å². The molecule has 0 aliphatic carbocycles. The lowest BCUT2D eigenvalue weighted by molar-refractivity contribution is 0.668. The van der Waals surface area contributed by atoms with Gasteiger partial charge in [0.2, 0.25) is 0 Å². The van der Waals surface area contributed by atoms with E-state index in [2.05, 4.69) is 0 Å². The van der Waals surface area contributed by atoms with Crippen LogP contribution in [0.3, 0.4) is 0 Å². The highest BCUT2D eigenvalue weighted by Crippen LogP contribution is 2.21. The molecule has 0 spiro atoms. The molecule has 1 nitrogen and oxygen atoms in total. The molecule has 0 aromatic carbocycles. The van der Waals surface area contributed by atoms with Crippen molar-refractivity contribution >= 4 is 11.8 Å². The van der Waals surface area contributed by atoms with Gasteiger partial charge in [0.15, 0.2) is 0 Å². The summed E-state index contributed by atoms with van der Waals surface area (Å²) in [5.41, 5.74) is 7.23. The summed E-state index contributed by atoms with van der Waals surface area (Å²) in [7, 11) is 0. The van der Waals surface area contributed by atoms with E-state index in [1.54, 1.807) is 11.8 Å². The van der Waals surface area contributed by atoms with Crippen LogP contribution in [-0.4, -0.2) is 11.1 Å². The van der Waals surface area contributed by atoms with Crippen LogP contribution in [0.1, 0.15) is 19.3 Å². The third-order valence-electron chi connectivity index (χ3n) is 1.18. The molecule has 1 aliphatic heterocycles. The van der Waals surface area contributed by atoms with Crippen LogP contribution in [0.2, 0.25) is 0 Å². The van der Waals surface area contributed by atoms with Crippen molar-refractivity contribution in [1.82, 2.24) is 5.73 Å². The summed E-state index contributed by atoms with van der Waals surface area (Å²) in [6, 6.07) is 0. The fourth-order valence-corrected chi connectivity index (χ4v) is 1.73. The molecule has 0 aromatic rings. The van der Waals surface area contributed by atoms with Gasteiger partial charge in [0.25, 0.3) is 0 Å². The second kappa shape index (κ2) is 2.58. The third kappa shape index (κ3) is 1.70. The van der Waals surface area contributed by atoms with Crippen molar-refractivity contribution in [2.24, 2.45) is 0 Å². The number of nitrogens with one attached hydrogen (secondary N) is 1. The van der Waals surface area contributed by atoms with Gasteiger partial charge in [-0.2, -0.15) is 0 Å². The first-order valence-electron chi connectivity index (χ1n) is 2.72. The lowest BCUT2D eigenvalue weighted by atomic mass is 10.2. The molecule has 1 radical (unpaired) electrons. The van der Waals surface area contributed by atoms with Gasteiger partial charge in [0.05, 0.1) is 5.37 Å². The molecule has 0 amide bonds. The second-order valence-corrected chi connectivity index (χ2v) is 3.17. The Bertz CT molecular complexity index is 50.0. The number of rotatable bonds is 0. The van der Waals surface area contributed by atoms with E-state index in [4.69, 9.17) is 5.73 Å². The Morgan fingerprint density at radius 2 is 2.29 bits per heavy atom. The van der Waals surface area contributed by atoms with Gasteiger partial charge in [0.1, 0.15) is 0 Å². The van der Waals surface area contributed by atoms with Gasteiger partial charge < -0.3 is 0 Å². The van der Waals surface area contributed by atoms with Crippen LogP contribution in [0.4, 0.5) is 0 Å². The zero-order chi connectivity index (χ0) is 5.11. The van der Waals surface area contributed by atoms with Gasteiger partial charge in [-0.1, -0.05) is 6.42 Å².